The van der Waals surface area contributed by atoms with Crippen LogP contribution < -0.4 is 10.6 Å². The number of urea groups is 1. The summed E-state index contributed by atoms with van der Waals surface area (Å²) in [6.45, 7) is 5.45. The molecule has 0 saturated heterocycles. The number of rotatable bonds is 6. The topological polar surface area (TPSA) is 81.1 Å². The van der Waals surface area contributed by atoms with E-state index in [2.05, 4.69) is 34.6 Å². The van der Waals surface area contributed by atoms with Crippen molar-refractivity contribution in [1.29, 1.82) is 0 Å². The average molecular weight is 359 g/mol. The zero-order chi connectivity index (χ0) is 17.8. The fourth-order valence-electron chi connectivity index (χ4n) is 2.30. The van der Waals surface area contributed by atoms with E-state index < -0.39 is 0 Å². The Balaban J connectivity index is 1.64. The highest BCUT2D eigenvalue weighted by Crippen LogP contribution is 2.29. The van der Waals surface area contributed by atoms with E-state index in [1.165, 1.54) is 0 Å². The van der Waals surface area contributed by atoms with E-state index in [0.717, 1.165) is 20.9 Å². The number of benzene rings is 1. The molecule has 0 aliphatic heterocycles. The van der Waals surface area contributed by atoms with Crippen LogP contribution in [0.3, 0.4) is 0 Å². The highest BCUT2D eigenvalue weighted by molar-refractivity contribution is 7.18. The average Bonchev–Trinajstić information content (AvgIpc) is 3.19. The minimum atomic E-state index is -0.306. The van der Waals surface area contributed by atoms with E-state index >= 15 is 0 Å². The molecule has 0 radical (unpaired) electrons. The fraction of sp³-hybridized carbons (Fsp3) is 0.353. The largest absolute Gasteiger partial charge is 0.383 e. The molecule has 3 aromatic rings. The number of amides is 2. The third kappa shape index (κ3) is 4.34. The second kappa shape index (κ2) is 7.62. The first kappa shape index (κ1) is 17.4. The van der Waals surface area contributed by atoms with Gasteiger partial charge in [0.05, 0.1) is 40.3 Å². The van der Waals surface area contributed by atoms with Crippen LogP contribution in [0.5, 0.6) is 0 Å². The molecule has 0 unspecified atom stereocenters. The summed E-state index contributed by atoms with van der Waals surface area (Å²) in [5, 5.41) is 10.9. The van der Waals surface area contributed by atoms with Gasteiger partial charge in [-0.05, 0) is 18.2 Å². The monoisotopic (exact) mass is 359 g/mol. The number of hydrogen-bond donors (Lipinski definition) is 2. The van der Waals surface area contributed by atoms with Crippen molar-refractivity contribution in [2.24, 2.45) is 0 Å². The van der Waals surface area contributed by atoms with Crippen molar-refractivity contribution >= 4 is 39.0 Å². The van der Waals surface area contributed by atoms with E-state index in [9.17, 15) is 4.79 Å². The lowest BCUT2D eigenvalue weighted by Crippen LogP contribution is -2.19. The van der Waals surface area contributed by atoms with Gasteiger partial charge in [0.2, 0.25) is 0 Å². The van der Waals surface area contributed by atoms with Gasteiger partial charge in [-0.15, -0.1) is 11.3 Å². The standard InChI is InChI=1S/C17H21N5O2S/c1-11(2)16-21-14-5-4-12(8-15(14)25-16)19-17(23)20-13-9-18-22(10-13)6-7-24-3/h4-5,8-11H,6-7H2,1-3H3,(H2,19,20,23). The maximum Gasteiger partial charge on any atom is 0.323 e. The molecule has 8 heteroatoms. The van der Waals surface area contributed by atoms with E-state index in [0.29, 0.717) is 24.8 Å². The number of anilines is 2. The van der Waals surface area contributed by atoms with Gasteiger partial charge in [-0.1, -0.05) is 13.8 Å². The summed E-state index contributed by atoms with van der Waals surface area (Å²) in [5.41, 5.74) is 2.32. The first-order valence-electron chi connectivity index (χ1n) is 8.05. The van der Waals surface area contributed by atoms with Crippen LogP contribution in [0.25, 0.3) is 10.2 Å². The molecule has 7 nitrogen and oxygen atoms in total. The first-order valence-corrected chi connectivity index (χ1v) is 8.86. The lowest BCUT2D eigenvalue weighted by molar-refractivity contribution is 0.183. The van der Waals surface area contributed by atoms with Crippen LogP contribution in [0.1, 0.15) is 24.8 Å². The summed E-state index contributed by atoms with van der Waals surface area (Å²) in [6.07, 6.45) is 3.37. The molecule has 132 valence electrons. The Morgan fingerprint density at radius 1 is 1.32 bits per heavy atom. The summed E-state index contributed by atoms with van der Waals surface area (Å²) >= 11 is 1.65. The van der Waals surface area contributed by atoms with Gasteiger partial charge in [-0.3, -0.25) is 4.68 Å². The maximum atomic E-state index is 12.2. The van der Waals surface area contributed by atoms with Crippen LogP contribution in [-0.2, 0) is 11.3 Å². The summed E-state index contributed by atoms with van der Waals surface area (Å²) < 4.78 is 7.78. The quantitative estimate of drug-likeness (QED) is 0.699. The number of methoxy groups -OCH3 is 1. The number of aromatic nitrogens is 3. The van der Waals surface area contributed by atoms with Crippen molar-refractivity contribution in [3.8, 4) is 0 Å². The van der Waals surface area contributed by atoms with Gasteiger partial charge in [0.15, 0.2) is 0 Å². The molecular formula is C17H21N5O2S. The Bertz CT molecular complexity index is 871. The minimum Gasteiger partial charge on any atom is -0.383 e. The van der Waals surface area contributed by atoms with Gasteiger partial charge in [-0.2, -0.15) is 5.10 Å². The van der Waals surface area contributed by atoms with Crippen molar-refractivity contribution in [1.82, 2.24) is 14.8 Å². The number of carbonyl (C=O) groups excluding carboxylic acids is 1. The minimum absolute atomic E-state index is 0.306. The molecule has 0 bridgehead atoms. The number of thiazole rings is 1. The lowest BCUT2D eigenvalue weighted by atomic mass is 10.2. The number of nitrogens with one attached hydrogen (secondary N) is 2. The van der Waals surface area contributed by atoms with Crippen LogP contribution in [0.2, 0.25) is 0 Å². The van der Waals surface area contributed by atoms with Crippen molar-refractivity contribution in [2.75, 3.05) is 24.4 Å². The molecule has 2 aromatic heterocycles. The van der Waals surface area contributed by atoms with Crippen molar-refractivity contribution < 1.29 is 9.53 Å². The summed E-state index contributed by atoms with van der Waals surface area (Å²) in [7, 11) is 1.64. The predicted molar refractivity (Wildman–Crippen MR) is 100 cm³/mol. The molecule has 25 heavy (non-hydrogen) atoms. The Hall–Kier alpha value is -2.45. The Kier molecular flexibility index (Phi) is 5.30. The molecule has 3 rings (SSSR count). The molecular weight excluding hydrogens is 338 g/mol. The van der Waals surface area contributed by atoms with Gasteiger partial charge in [-0.25, -0.2) is 9.78 Å². The third-order valence-electron chi connectivity index (χ3n) is 3.57. The predicted octanol–water partition coefficient (Wildman–Crippen LogP) is 3.91. The number of hydrogen-bond acceptors (Lipinski definition) is 5. The number of nitrogens with zero attached hydrogens (tertiary/aromatic N) is 3. The summed E-state index contributed by atoms with van der Waals surface area (Å²) in [6, 6.07) is 5.42. The smallest absolute Gasteiger partial charge is 0.323 e. The molecule has 2 N–H and O–H groups in total. The van der Waals surface area contributed by atoms with Gasteiger partial charge in [0.1, 0.15) is 0 Å². The second-order valence-corrected chi connectivity index (χ2v) is 7.02. The number of fused-ring (bicyclic) bond motifs is 1. The van der Waals surface area contributed by atoms with E-state index in [4.69, 9.17) is 4.74 Å². The molecule has 2 amide bonds. The zero-order valence-electron chi connectivity index (χ0n) is 14.4. The normalized spacial score (nSPS) is 11.2. The number of carbonyl (C=O) groups is 1. The molecule has 2 heterocycles. The molecule has 0 fully saturated rings. The highest BCUT2D eigenvalue weighted by Gasteiger charge is 2.09. The van der Waals surface area contributed by atoms with Crippen LogP contribution in [-0.4, -0.2) is 34.5 Å². The van der Waals surface area contributed by atoms with Crippen molar-refractivity contribution in [3.63, 3.8) is 0 Å². The fourth-order valence-corrected chi connectivity index (χ4v) is 3.30. The van der Waals surface area contributed by atoms with Gasteiger partial charge in [0, 0.05) is 24.9 Å². The van der Waals surface area contributed by atoms with E-state index in [1.807, 2.05) is 18.2 Å². The zero-order valence-corrected chi connectivity index (χ0v) is 15.3. The number of ether oxygens (including phenoxy) is 1. The molecule has 0 saturated carbocycles. The summed E-state index contributed by atoms with van der Waals surface area (Å²) in [5.74, 6) is 0.395. The summed E-state index contributed by atoms with van der Waals surface area (Å²) in [4.78, 5) is 16.8. The molecule has 0 spiro atoms. The molecule has 1 aromatic carbocycles. The Morgan fingerprint density at radius 2 is 2.12 bits per heavy atom. The van der Waals surface area contributed by atoms with Crippen LogP contribution in [0.15, 0.2) is 30.6 Å². The van der Waals surface area contributed by atoms with Gasteiger partial charge in [0.25, 0.3) is 0 Å². The SMILES string of the molecule is COCCn1cc(NC(=O)Nc2ccc3nc(C(C)C)sc3c2)cn1. The van der Waals surface area contributed by atoms with Crippen LogP contribution in [0, 0.1) is 0 Å². The van der Waals surface area contributed by atoms with Crippen molar-refractivity contribution in [2.45, 2.75) is 26.3 Å². The maximum absolute atomic E-state index is 12.2. The van der Waals surface area contributed by atoms with E-state index in [-0.39, 0.29) is 6.03 Å². The van der Waals surface area contributed by atoms with Crippen LogP contribution >= 0.6 is 11.3 Å². The Morgan fingerprint density at radius 3 is 2.88 bits per heavy atom. The lowest BCUT2D eigenvalue weighted by Gasteiger charge is -2.05. The third-order valence-corrected chi connectivity index (χ3v) is 4.89. The molecule has 0 atom stereocenters. The first-order chi connectivity index (χ1) is 12.0. The van der Waals surface area contributed by atoms with E-state index in [1.54, 1.807) is 35.5 Å². The van der Waals surface area contributed by atoms with Gasteiger partial charge >= 0.3 is 6.03 Å². The van der Waals surface area contributed by atoms with Crippen molar-refractivity contribution in [3.05, 3.63) is 35.6 Å². The highest BCUT2D eigenvalue weighted by atomic mass is 32.1. The van der Waals surface area contributed by atoms with Gasteiger partial charge < -0.3 is 15.4 Å². The second-order valence-electron chi connectivity index (χ2n) is 5.95. The molecule has 0 aliphatic carbocycles. The Labute approximate surface area is 150 Å². The molecule has 0 aliphatic rings. The van der Waals surface area contributed by atoms with Crippen LogP contribution in [0.4, 0.5) is 16.2 Å².